The summed E-state index contributed by atoms with van der Waals surface area (Å²) in [6, 6.07) is 17.6. The highest BCUT2D eigenvalue weighted by atomic mass is 16.5. The predicted octanol–water partition coefficient (Wildman–Crippen LogP) is 4.26. The van der Waals surface area contributed by atoms with E-state index in [4.69, 9.17) is 4.74 Å². The zero-order valence-corrected chi connectivity index (χ0v) is 17.7. The lowest BCUT2D eigenvalue weighted by molar-refractivity contribution is -0.138. The van der Waals surface area contributed by atoms with Crippen molar-refractivity contribution in [3.05, 3.63) is 60.2 Å². The Labute approximate surface area is 173 Å². The summed E-state index contributed by atoms with van der Waals surface area (Å²) in [5.41, 5.74) is 1.83. The summed E-state index contributed by atoms with van der Waals surface area (Å²) in [4.78, 5) is 29.6. The minimum Gasteiger partial charge on any atom is -0.489 e. The highest BCUT2D eigenvalue weighted by Gasteiger charge is 2.38. The fourth-order valence-corrected chi connectivity index (χ4v) is 3.67. The molecule has 29 heavy (non-hydrogen) atoms. The third-order valence-electron chi connectivity index (χ3n) is 5.10. The zero-order chi connectivity index (χ0) is 21.0. The first kappa shape index (κ1) is 20.9. The molecule has 2 aromatic carbocycles. The minimum absolute atomic E-state index is 0.00795. The van der Waals surface area contributed by atoms with Crippen LogP contribution in [0, 0.1) is 5.92 Å². The molecule has 1 aliphatic heterocycles. The Morgan fingerprint density at radius 3 is 2.38 bits per heavy atom. The van der Waals surface area contributed by atoms with Crippen LogP contribution in [-0.2, 0) is 16.1 Å². The molecule has 0 spiro atoms. The van der Waals surface area contributed by atoms with Crippen LogP contribution in [0.4, 0.5) is 5.69 Å². The van der Waals surface area contributed by atoms with Gasteiger partial charge in [-0.05, 0) is 45.4 Å². The number of benzene rings is 2. The number of hydrogen-bond donors (Lipinski definition) is 0. The van der Waals surface area contributed by atoms with Crippen molar-refractivity contribution >= 4 is 17.5 Å². The van der Waals surface area contributed by atoms with E-state index in [1.54, 1.807) is 4.90 Å². The van der Waals surface area contributed by atoms with Crippen LogP contribution in [0.3, 0.4) is 0 Å². The molecule has 1 fully saturated rings. The number of carbonyl (C=O) groups excluding carboxylic acids is 2. The molecule has 1 unspecified atom stereocenters. The van der Waals surface area contributed by atoms with Crippen LogP contribution < -0.4 is 9.64 Å². The zero-order valence-electron chi connectivity index (χ0n) is 17.7. The van der Waals surface area contributed by atoms with E-state index in [1.165, 1.54) is 0 Å². The molecule has 154 valence electrons. The monoisotopic (exact) mass is 394 g/mol. The van der Waals surface area contributed by atoms with Crippen molar-refractivity contribution in [1.82, 2.24) is 4.90 Å². The SMILES string of the molecule is CC(C)Oc1ccccc1N1CC(C(=O)N(Cc2ccccc2)C(C)C)CC1=O. The normalized spacial score (nSPS) is 16.6. The van der Waals surface area contributed by atoms with Crippen LogP contribution in [0.15, 0.2) is 54.6 Å². The fraction of sp³-hybridized carbons (Fsp3) is 0.417. The molecule has 0 aliphatic carbocycles. The van der Waals surface area contributed by atoms with Crippen molar-refractivity contribution in [2.75, 3.05) is 11.4 Å². The molecule has 0 N–H and O–H groups in total. The van der Waals surface area contributed by atoms with Gasteiger partial charge in [-0.3, -0.25) is 9.59 Å². The number of anilines is 1. The number of hydrogen-bond acceptors (Lipinski definition) is 3. The highest BCUT2D eigenvalue weighted by Crippen LogP contribution is 2.34. The lowest BCUT2D eigenvalue weighted by Gasteiger charge is -2.29. The Bertz CT molecular complexity index is 848. The van der Waals surface area contributed by atoms with Crippen molar-refractivity contribution < 1.29 is 14.3 Å². The summed E-state index contributed by atoms with van der Waals surface area (Å²) in [7, 11) is 0. The van der Waals surface area contributed by atoms with Gasteiger partial charge in [-0.25, -0.2) is 0 Å². The van der Waals surface area contributed by atoms with Gasteiger partial charge in [0.15, 0.2) is 0 Å². The van der Waals surface area contributed by atoms with Crippen LogP contribution >= 0.6 is 0 Å². The van der Waals surface area contributed by atoms with Crippen LogP contribution in [-0.4, -0.2) is 35.4 Å². The Kier molecular flexibility index (Phi) is 6.57. The summed E-state index contributed by atoms with van der Waals surface area (Å²) < 4.78 is 5.88. The van der Waals surface area contributed by atoms with Gasteiger partial charge in [-0.15, -0.1) is 0 Å². The van der Waals surface area contributed by atoms with E-state index in [2.05, 4.69) is 0 Å². The third-order valence-corrected chi connectivity index (χ3v) is 5.10. The van der Waals surface area contributed by atoms with E-state index in [-0.39, 0.29) is 36.3 Å². The van der Waals surface area contributed by atoms with E-state index < -0.39 is 0 Å². The molecule has 0 saturated carbocycles. The van der Waals surface area contributed by atoms with Gasteiger partial charge in [0.2, 0.25) is 11.8 Å². The number of rotatable bonds is 7. The standard InChI is InChI=1S/C24H30N2O3/c1-17(2)25(15-19-10-6-5-7-11-19)24(28)20-14-23(27)26(16-20)21-12-8-9-13-22(21)29-18(3)4/h5-13,17-18,20H,14-16H2,1-4H3. The molecule has 1 saturated heterocycles. The van der Waals surface area contributed by atoms with Crippen LogP contribution in [0.2, 0.25) is 0 Å². The molecule has 2 aromatic rings. The molecule has 1 aliphatic rings. The Morgan fingerprint density at radius 2 is 1.72 bits per heavy atom. The summed E-state index contributed by atoms with van der Waals surface area (Å²) >= 11 is 0. The fourth-order valence-electron chi connectivity index (χ4n) is 3.67. The smallest absolute Gasteiger partial charge is 0.228 e. The second-order valence-electron chi connectivity index (χ2n) is 8.09. The minimum atomic E-state index is -0.347. The molecule has 0 aromatic heterocycles. The molecule has 5 nitrogen and oxygen atoms in total. The van der Waals surface area contributed by atoms with Crippen molar-refractivity contribution in [2.24, 2.45) is 5.92 Å². The Hall–Kier alpha value is -2.82. The highest BCUT2D eigenvalue weighted by molar-refractivity contribution is 6.01. The molecule has 3 rings (SSSR count). The largest absolute Gasteiger partial charge is 0.489 e. The quantitative estimate of drug-likeness (QED) is 0.705. The molecule has 1 atom stereocenters. The maximum absolute atomic E-state index is 13.3. The summed E-state index contributed by atoms with van der Waals surface area (Å²) in [5, 5.41) is 0. The van der Waals surface area contributed by atoms with Crippen molar-refractivity contribution in [3.63, 3.8) is 0 Å². The van der Waals surface area contributed by atoms with Crippen molar-refractivity contribution in [1.29, 1.82) is 0 Å². The average molecular weight is 395 g/mol. The average Bonchev–Trinajstić information content (AvgIpc) is 3.08. The van der Waals surface area contributed by atoms with E-state index in [0.29, 0.717) is 18.8 Å². The molecule has 2 amide bonds. The number of carbonyl (C=O) groups is 2. The van der Waals surface area contributed by atoms with Crippen molar-refractivity contribution in [3.8, 4) is 5.75 Å². The maximum Gasteiger partial charge on any atom is 0.228 e. The van der Waals surface area contributed by atoms with Crippen molar-refractivity contribution in [2.45, 2.75) is 52.8 Å². The van der Waals surface area contributed by atoms with Gasteiger partial charge in [0.25, 0.3) is 0 Å². The number of nitrogens with zero attached hydrogens (tertiary/aromatic N) is 2. The lowest BCUT2D eigenvalue weighted by Crippen LogP contribution is -2.41. The third kappa shape index (κ3) is 4.97. The molecule has 5 heteroatoms. The van der Waals surface area contributed by atoms with E-state index in [9.17, 15) is 9.59 Å². The first-order valence-corrected chi connectivity index (χ1v) is 10.3. The van der Waals surface area contributed by atoms with E-state index >= 15 is 0 Å². The van der Waals surface area contributed by atoms with Gasteiger partial charge in [0, 0.05) is 25.6 Å². The summed E-state index contributed by atoms with van der Waals surface area (Å²) in [6.07, 6.45) is 0.237. The van der Waals surface area contributed by atoms with Gasteiger partial charge in [-0.2, -0.15) is 0 Å². The topological polar surface area (TPSA) is 49.9 Å². The van der Waals surface area contributed by atoms with Crippen LogP contribution in [0.1, 0.15) is 39.7 Å². The summed E-state index contributed by atoms with van der Waals surface area (Å²) in [6.45, 7) is 8.88. The van der Waals surface area contributed by atoms with Gasteiger partial charge in [0.05, 0.1) is 17.7 Å². The number of para-hydroxylation sites is 2. The van der Waals surface area contributed by atoms with Crippen LogP contribution in [0.5, 0.6) is 5.75 Å². The van der Waals surface area contributed by atoms with Gasteiger partial charge in [0.1, 0.15) is 5.75 Å². The number of amides is 2. The second kappa shape index (κ2) is 9.12. The van der Waals surface area contributed by atoms with E-state index in [1.807, 2.05) is 87.2 Å². The molecular formula is C24H30N2O3. The van der Waals surface area contributed by atoms with Gasteiger partial charge >= 0.3 is 0 Å². The van der Waals surface area contributed by atoms with E-state index in [0.717, 1.165) is 11.3 Å². The molecule has 1 heterocycles. The van der Waals surface area contributed by atoms with Gasteiger partial charge < -0.3 is 14.5 Å². The molecule has 0 radical (unpaired) electrons. The number of ether oxygens (including phenoxy) is 1. The van der Waals surface area contributed by atoms with Crippen LogP contribution in [0.25, 0.3) is 0 Å². The summed E-state index contributed by atoms with van der Waals surface area (Å²) in [5.74, 6) is 0.322. The lowest BCUT2D eigenvalue weighted by atomic mass is 10.1. The first-order chi connectivity index (χ1) is 13.9. The molecule has 0 bridgehead atoms. The maximum atomic E-state index is 13.3. The second-order valence-corrected chi connectivity index (χ2v) is 8.09. The van der Waals surface area contributed by atoms with Gasteiger partial charge in [-0.1, -0.05) is 42.5 Å². The first-order valence-electron chi connectivity index (χ1n) is 10.3. The predicted molar refractivity (Wildman–Crippen MR) is 115 cm³/mol. The Morgan fingerprint density at radius 1 is 1.07 bits per heavy atom. The molecular weight excluding hydrogens is 364 g/mol. The Balaban J connectivity index is 1.77.